The van der Waals surface area contributed by atoms with Crippen LogP contribution in [0.1, 0.15) is 44.5 Å². The largest absolute Gasteiger partial charge is 0.352 e. The molecular weight excluding hydrogens is 320 g/mol. The third kappa shape index (κ3) is 3.93. The maximum absolute atomic E-state index is 12.5. The molecule has 2 heterocycles. The van der Waals surface area contributed by atoms with Gasteiger partial charge in [0.05, 0.1) is 0 Å². The van der Waals surface area contributed by atoms with E-state index in [1.807, 2.05) is 25.1 Å². The van der Waals surface area contributed by atoms with E-state index in [9.17, 15) is 4.79 Å². The highest BCUT2D eigenvalue weighted by molar-refractivity contribution is 7.09. The molecule has 1 aliphatic heterocycles. The minimum absolute atomic E-state index is 0.113. The van der Waals surface area contributed by atoms with Gasteiger partial charge in [0.2, 0.25) is 11.0 Å². The molecule has 0 spiro atoms. The lowest BCUT2D eigenvalue weighted by Gasteiger charge is -2.24. The molecule has 0 bridgehead atoms. The van der Waals surface area contributed by atoms with Gasteiger partial charge in [-0.05, 0) is 31.7 Å². The molecule has 1 saturated heterocycles. The summed E-state index contributed by atoms with van der Waals surface area (Å²) < 4.78 is 4.48. The van der Waals surface area contributed by atoms with Crippen molar-refractivity contribution < 1.29 is 4.79 Å². The second kappa shape index (κ2) is 7.75. The molecule has 2 atom stereocenters. The quantitative estimate of drug-likeness (QED) is 0.875. The van der Waals surface area contributed by atoms with Gasteiger partial charge in [-0.15, -0.1) is 0 Å². The van der Waals surface area contributed by atoms with Gasteiger partial charge in [-0.2, -0.15) is 4.37 Å². The molecule has 0 saturated carbocycles. The monoisotopic (exact) mass is 344 g/mol. The molecule has 1 aromatic heterocycles. The van der Waals surface area contributed by atoms with Gasteiger partial charge < -0.3 is 10.2 Å². The molecule has 6 heteroatoms. The fourth-order valence-electron chi connectivity index (χ4n) is 2.92. The summed E-state index contributed by atoms with van der Waals surface area (Å²) in [7, 11) is 0. The fraction of sp³-hybridized carbons (Fsp3) is 0.500. The third-order valence-corrected chi connectivity index (χ3v) is 5.26. The van der Waals surface area contributed by atoms with E-state index < -0.39 is 0 Å². The number of rotatable bonds is 6. The second-order valence-electron chi connectivity index (χ2n) is 6.32. The highest BCUT2D eigenvalue weighted by atomic mass is 32.1. The normalized spacial score (nSPS) is 18.6. The Labute approximate surface area is 147 Å². The summed E-state index contributed by atoms with van der Waals surface area (Å²) in [5.41, 5.74) is 1.20. The van der Waals surface area contributed by atoms with Crippen molar-refractivity contribution >= 4 is 22.6 Å². The maximum Gasteiger partial charge on any atom is 0.242 e. The minimum atomic E-state index is -0.114. The molecule has 1 fully saturated rings. The van der Waals surface area contributed by atoms with Gasteiger partial charge in [-0.25, -0.2) is 4.98 Å². The van der Waals surface area contributed by atoms with Gasteiger partial charge in [-0.1, -0.05) is 37.3 Å². The van der Waals surface area contributed by atoms with E-state index in [0.29, 0.717) is 0 Å². The van der Waals surface area contributed by atoms with Crippen molar-refractivity contribution in [1.82, 2.24) is 14.7 Å². The van der Waals surface area contributed by atoms with E-state index in [1.165, 1.54) is 17.1 Å². The Morgan fingerprint density at radius 3 is 2.96 bits per heavy atom. The van der Waals surface area contributed by atoms with Crippen molar-refractivity contribution in [2.24, 2.45) is 0 Å². The van der Waals surface area contributed by atoms with E-state index in [2.05, 4.69) is 38.6 Å². The van der Waals surface area contributed by atoms with E-state index in [1.54, 1.807) is 0 Å². The lowest BCUT2D eigenvalue weighted by Crippen LogP contribution is -2.46. The van der Waals surface area contributed by atoms with Gasteiger partial charge in [0, 0.05) is 30.5 Å². The van der Waals surface area contributed by atoms with Gasteiger partial charge in [0.1, 0.15) is 11.9 Å². The average molecular weight is 344 g/mol. The number of aromatic nitrogens is 2. The molecule has 2 unspecified atom stereocenters. The average Bonchev–Trinajstić information content (AvgIpc) is 3.24. The number of nitrogens with one attached hydrogen (secondary N) is 1. The van der Waals surface area contributed by atoms with Crippen LogP contribution in [0.2, 0.25) is 0 Å². The molecule has 1 aliphatic rings. The number of carbonyl (C=O) groups excluding carboxylic acids is 1. The Hall–Kier alpha value is -1.95. The molecule has 0 aliphatic carbocycles. The number of anilines is 1. The summed E-state index contributed by atoms with van der Waals surface area (Å²) in [4.78, 5) is 19.3. The first-order chi connectivity index (χ1) is 11.7. The first-order valence-electron chi connectivity index (χ1n) is 8.61. The SMILES string of the molecule is CCC(C)NC(=O)C1CCCN1c1nc(Cc2ccccc2)ns1. The van der Waals surface area contributed by atoms with Crippen LogP contribution in [-0.4, -0.2) is 33.9 Å². The van der Waals surface area contributed by atoms with Crippen LogP contribution in [0, 0.1) is 0 Å². The zero-order chi connectivity index (χ0) is 16.9. The van der Waals surface area contributed by atoms with E-state index in [4.69, 9.17) is 0 Å². The zero-order valence-electron chi connectivity index (χ0n) is 14.2. The van der Waals surface area contributed by atoms with Crippen molar-refractivity contribution in [3.8, 4) is 0 Å². The first-order valence-corrected chi connectivity index (χ1v) is 9.38. The Morgan fingerprint density at radius 1 is 1.42 bits per heavy atom. The standard InChI is InChI=1S/C18H24N4OS/c1-3-13(2)19-17(23)15-10-7-11-22(15)18-20-16(21-24-18)12-14-8-5-4-6-9-14/h4-6,8-9,13,15H,3,7,10-12H2,1-2H3,(H,19,23). The summed E-state index contributed by atoms with van der Waals surface area (Å²) in [5.74, 6) is 0.941. The van der Waals surface area contributed by atoms with E-state index >= 15 is 0 Å². The Morgan fingerprint density at radius 2 is 2.21 bits per heavy atom. The number of benzene rings is 1. The Bertz CT molecular complexity index is 673. The number of hydrogen-bond donors (Lipinski definition) is 1. The van der Waals surface area contributed by atoms with E-state index in [-0.39, 0.29) is 18.0 Å². The summed E-state index contributed by atoms with van der Waals surface area (Å²) in [6.45, 7) is 5.00. The van der Waals surface area contributed by atoms with Gasteiger partial charge in [0.25, 0.3) is 0 Å². The summed E-state index contributed by atoms with van der Waals surface area (Å²) in [6.07, 6.45) is 3.58. The van der Waals surface area contributed by atoms with Gasteiger partial charge in [0.15, 0.2) is 0 Å². The van der Waals surface area contributed by atoms with Crippen LogP contribution in [0.25, 0.3) is 0 Å². The Balaban J connectivity index is 1.68. The molecule has 1 N–H and O–H groups in total. The van der Waals surface area contributed by atoms with Crippen molar-refractivity contribution in [3.05, 3.63) is 41.7 Å². The van der Waals surface area contributed by atoms with Crippen LogP contribution >= 0.6 is 11.5 Å². The molecule has 5 nitrogen and oxygen atoms in total. The van der Waals surface area contributed by atoms with Gasteiger partial charge in [-0.3, -0.25) is 4.79 Å². The second-order valence-corrected chi connectivity index (χ2v) is 7.06. The number of carbonyl (C=O) groups is 1. The number of nitrogens with zero attached hydrogens (tertiary/aromatic N) is 3. The van der Waals surface area contributed by atoms with Crippen molar-refractivity contribution in [1.29, 1.82) is 0 Å². The molecule has 1 amide bonds. The van der Waals surface area contributed by atoms with E-state index in [0.717, 1.165) is 43.2 Å². The predicted molar refractivity (Wildman–Crippen MR) is 97.4 cm³/mol. The van der Waals surface area contributed by atoms with Crippen LogP contribution in [0.4, 0.5) is 5.13 Å². The molecular formula is C18H24N4OS. The first kappa shape index (κ1) is 16.9. The summed E-state index contributed by atoms with van der Waals surface area (Å²) in [6, 6.07) is 10.3. The van der Waals surface area contributed by atoms with Crippen LogP contribution in [-0.2, 0) is 11.2 Å². The molecule has 3 rings (SSSR count). The van der Waals surface area contributed by atoms with Crippen LogP contribution < -0.4 is 10.2 Å². The maximum atomic E-state index is 12.5. The fourth-order valence-corrected chi connectivity index (χ4v) is 3.68. The number of amides is 1. The van der Waals surface area contributed by atoms with Crippen molar-refractivity contribution in [3.63, 3.8) is 0 Å². The van der Waals surface area contributed by atoms with Gasteiger partial charge >= 0.3 is 0 Å². The lowest BCUT2D eigenvalue weighted by atomic mass is 10.1. The highest BCUT2D eigenvalue weighted by Gasteiger charge is 2.33. The van der Waals surface area contributed by atoms with Crippen molar-refractivity contribution in [2.75, 3.05) is 11.4 Å². The minimum Gasteiger partial charge on any atom is -0.352 e. The van der Waals surface area contributed by atoms with Crippen molar-refractivity contribution in [2.45, 2.75) is 51.6 Å². The van der Waals surface area contributed by atoms with Crippen LogP contribution in [0.15, 0.2) is 30.3 Å². The highest BCUT2D eigenvalue weighted by Crippen LogP contribution is 2.27. The lowest BCUT2D eigenvalue weighted by molar-refractivity contribution is -0.122. The summed E-state index contributed by atoms with van der Waals surface area (Å²) in [5, 5.41) is 3.96. The predicted octanol–water partition coefficient (Wildman–Crippen LogP) is 3.01. The zero-order valence-corrected chi connectivity index (χ0v) is 15.1. The Kier molecular flexibility index (Phi) is 5.45. The van der Waals surface area contributed by atoms with Crippen LogP contribution in [0.3, 0.4) is 0 Å². The molecule has 2 aromatic rings. The topological polar surface area (TPSA) is 58.1 Å². The smallest absolute Gasteiger partial charge is 0.242 e. The molecule has 24 heavy (non-hydrogen) atoms. The van der Waals surface area contributed by atoms with Crippen LogP contribution in [0.5, 0.6) is 0 Å². The molecule has 1 aromatic carbocycles. The number of hydrogen-bond acceptors (Lipinski definition) is 5. The summed E-state index contributed by atoms with van der Waals surface area (Å²) >= 11 is 1.40. The molecule has 128 valence electrons. The molecule has 0 radical (unpaired) electrons. The third-order valence-electron chi connectivity index (χ3n) is 4.46.